The molecule has 0 radical (unpaired) electrons. The van der Waals surface area contributed by atoms with Crippen LogP contribution < -0.4 is 0 Å². The summed E-state index contributed by atoms with van der Waals surface area (Å²) in [6.07, 6.45) is 1.37. The molecule has 13 heavy (non-hydrogen) atoms. The Bertz CT molecular complexity index is 345. The lowest BCUT2D eigenvalue weighted by atomic mass is 10.1. The molecule has 0 heterocycles. The van der Waals surface area contributed by atoms with Crippen molar-refractivity contribution in [3.63, 3.8) is 0 Å². The third kappa shape index (κ3) is 1.99. The number of rotatable bonds is 3. The number of hydrogen-bond acceptors (Lipinski definition) is 1. The molecule has 0 saturated carbocycles. The molecule has 0 bridgehead atoms. The summed E-state index contributed by atoms with van der Waals surface area (Å²) in [5.41, 5.74) is -0.222. The molecule has 0 aromatic heterocycles. The van der Waals surface area contributed by atoms with E-state index in [2.05, 4.69) is 6.58 Å². The molecule has 0 aliphatic carbocycles. The van der Waals surface area contributed by atoms with Gasteiger partial charge in [0.25, 0.3) is 0 Å². The van der Waals surface area contributed by atoms with Gasteiger partial charge in [0, 0.05) is 6.42 Å². The first kappa shape index (κ1) is 9.58. The van der Waals surface area contributed by atoms with Crippen LogP contribution in [0.25, 0.3) is 0 Å². The average Bonchev–Trinajstić information content (AvgIpc) is 2.10. The molecule has 0 aliphatic rings. The molecule has 0 atom stereocenters. The highest BCUT2D eigenvalue weighted by Gasteiger charge is 2.12. The Morgan fingerprint density at radius 2 is 2.15 bits per heavy atom. The number of carbonyl (C=O) groups is 1. The van der Waals surface area contributed by atoms with Crippen molar-refractivity contribution in [1.29, 1.82) is 0 Å². The van der Waals surface area contributed by atoms with E-state index in [1.165, 1.54) is 18.2 Å². The van der Waals surface area contributed by atoms with Gasteiger partial charge in [-0.3, -0.25) is 4.79 Å². The SMILES string of the molecule is C=CCC(=O)c1cccc(F)c1F. The zero-order valence-corrected chi connectivity index (χ0v) is 6.89. The highest BCUT2D eigenvalue weighted by Crippen LogP contribution is 2.13. The van der Waals surface area contributed by atoms with Crippen LogP contribution in [-0.4, -0.2) is 5.78 Å². The Balaban J connectivity index is 3.07. The zero-order valence-electron chi connectivity index (χ0n) is 6.89. The molecule has 0 unspecified atom stereocenters. The normalized spacial score (nSPS) is 9.69. The second-order valence-corrected chi connectivity index (χ2v) is 2.52. The van der Waals surface area contributed by atoms with E-state index in [0.717, 1.165) is 6.07 Å². The van der Waals surface area contributed by atoms with E-state index >= 15 is 0 Å². The van der Waals surface area contributed by atoms with Crippen molar-refractivity contribution in [2.24, 2.45) is 0 Å². The molecule has 1 rings (SSSR count). The molecule has 3 heteroatoms. The van der Waals surface area contributed by atoms with Gasteiger partial charge in [-0.25, -0.2) is 8.78 Å². The van der Waals surface area contributed by atoms with E-state index in [1.807, 2.05) is 0 Å². The fourth-order valence-corrected chi connectivity index (χ4v) is 0.960. The van der Waals surface area contributed by atoms with Gasteiger partial charge >= 0.3 is 0 Å². The highest BCUT2D eigenvalue weighted by atomic mass is 19.2. The van der Waals surface area contributed by atoms with Crippen LogP contribution >= 0.6 is 0 Å². The summed E-state index contributed by atoms with van der Waals surface area (Å²) in [7, 11) is 0. The van der Waals surface area contributed by atoms with Crippen LogP contribution in [0.5, 0.6) is 0 Å². The first-order chi connectivity index (χ1) is 6.16. The second-order valence-electron chi connectivity index (χ2n) is 2.52. The van der Waals surface area contributed by atoms with Gasteiger partial charge in [-0.2, -0.15) is 0 Å². The van der Waals surface area contributed by atoms with E-state index in [0.29, 0.717) is 0 Å². The topological polar surface area (TPSA) is 17.1 Å². The summed E-state index contributed by atoms with van der Waals surface area (Å²) < 4.78 is 25.6. The number of allylic oxidation sites excluding steroid dienone is 1. The van der Waals surface area contributed by atoms with Crippen LogP contribution in [0.15, 0.2) is 30.9 Å². The van der Waals surface area contributed by atoms with Gasteiger partial charge in [0.05, 0.1) is 5.56 Å². The molecule has 0 saturated heterocycles. The predicted octanol–water partition coefficient (Wildman–Crippen LogP) is 2.72. The Labute approximate surface area is 74.7 Å². The van der Waals surface area contributed by atoms with Gasteiger partial charge in [0.2, 0.25) is 0 Å². The van der Waals surface area contributed by atoms with Crippen molar-refractivity contribution >= 4 is 5.78 Å². The van der Waals surface area contributed by atoms with E-state index < -0.39 is 17.4 Å². The minimum Gasteiger partial charge on any atom is -0.294 e. The summed E-state index contributed by atoms with van der Waals surface area (Å²) in [6, 6.07) is 3.53. The number of hydrogen-bond donors (Lipinski definition) is 0. The van der Waals surface area contributed by atoms with E-state index in [4.69, 9.17) is 0 Å². The Morgan fingerprint density at radius 1 is 1.46 bits per heavy atom. The standard InChI is InChI=1S/C10H8F2O/c1-2-4-9(13)7-5-3-6-8(11)10(7)12/h2-3,5-6H,1,4H2. The van der Waals surface area contributed by atoms with Crippen LogP contribution in [0.4, 0.5) is 8.78 Å². The number of carbonyl (C=O) groups excluding carboxylic acids is 1. The molecule has 0 N–H and O–H groups in total. The van der Waals surface area contributed by atoms with Crippen LogP contribution in [0.1, 0.15) is 16.8 Å². The minimum atomic E-state index is -1.09. The third-order valence-electron chi connectivity index (χ3n) is 1.58. The van der Waals surface area contributed by atoms with Crippen molar-refractivity contribution in [2.75, 3.05) is 0 Å². The Hall–Kier alpha value is -1.51. The summed E-state index contributed by atoms with van der Waals surface area (Å²) >= 11 is 0. The molecule has 0 amide bonds. The minimum absolute atomic E-state index is 0.0143. The number of ketones is 1. The lowest BCUT2D eigenvalue weighted by Crippen LogP contribution is -2.02. The average molecular weight is 182 g/mol. The van der Waals surface area contributed by atoms with Gasteiger partial charge in [-0.1, -0.05) is 12.1 Å². The van der Waals surface area contributed by atoms with Gasteiger partial charge in [0.1, 0.15) is 0 Å². The number of Topliss-reactive ketones (excluding diaryl/α,β-unsaturated/α-hetero) is 1. The number of benzene rings is 1. The highest BCUT2D eigenvalue weighted by molar-refractivity contribution is 5.97. The maximum Gasteiger partial charge on any atom is 0.169 e. The van der Waals surface area contributed by atoms with Crippen molar-refractivity contribution in [3.05, 3.63) is 48.1 Å². The van der Waals surface area contributed by atoms with Gasteiger partial charge in [-0.15, -0.1) is 6.58 Å². The molecule has 68 valence electrons. The first-order valence-corrected chi connectivity index (χ1v) is 3.75. The Kier molecular flexibility index (Phi) is 2.90. The molecule has 0 fully saturated rings. The van der Waals surface area contributed by atoms with E-state index in [9.17, 15) is 13.6 Å². The van der Waals surface area contributed by atoms with E-state index in [1.54, 1.807) is 0 Å². The molecule has 1 aromatic carbocycles. The maximum atomic E-state index is 12.9. The summed E-state index contributed by atoms with van der Waals surface area (Å²) in [4.78, 5) is 11.1. The second kappa shape index (κ2) is 3.94. The first-order valence-electron chi connectivity index (χ1n) is 3.75. The molecule has 0 spiro atoms. The summed E-state index contributed by atoms with van der Waals surface area (Å²) in [5, 5.41) is 0. The molecule has 0 aliphatic heterocycles. The van der Waals surface area contributed by atoms with E-state index in [-0.39, 0.29) is 12.0 Å². The predicted molar refractivity (Wildman–Crippen MR) is 45.5 cm³/mol. The van der Waals surface area contributed by atoms with Crippen LogP contribution in [0, 0.1) is 11.6 Å². The van der Waals surface area contributed by atoms with Crippen LogP contribution in [0.2, 0.25) is 0 Å². The van der Waals surface area contributed by atoms with Crippen molar-refractivity contribution in [3.8, 4) is 0 Å². The van der Waals surface area contributed by atoms with Crippen LogP contribution in [0.3, 0.4) is 0 Å². The van der Waals surface area contributed by atoms with Gasteiger partial charge < -0.3 is 0 Å². The Morgan fingerprint density at radius 3 is 2.77 bits per heavy atom. The quantitative estimate of drug-likeness (QED) is 0.518. The molecule has 1 nitrogen and oxygen atoms in total. The summed E-state index contributed by atoms with van der Waals surface area (Å²) in [5.74, 6) is -2.56. The summed E-state index contributed by atoms with van der Waals surface area (Å²) in [6.45, 7) is 3.34. The monoisotopic (exact) mass is 182 g/mol. The molecule has 1 aromatic rings. The molecular formula is C10H8F2O. The number of halogens is 2. The molecular weight excluding hydrogens is 174 g/mol. The third-order valence-corrected chi connectivity index (χ3v) is 1.58. The van der Waals surface area contributed by atoms with Crippen molar-refractivity contribution < 1.29 is 13.6 Å². The van der Waals surface area contributed by atoms with Crippen LogP contribution in [-0.2, 0) is 0 Å². The largest absolute Gasteiger partial charge is 0.294 e. The van der Waals surface area contributed by atoms with Crippen molar-refractivity contribution in [1.82, 2.24) is 0 Å². The fraction of sp³-hybridized carbons (Fsp3) is 0.100. The van der Waals surface area contributed by atoms with Crippen molar-refractivity contribution in [2.45, 2.75) is 6.42 Å². The smallest absolute Gasteiger partial charge is 0.169 e. The van der Waals surface area contributed by atoms with Gasteiger partial charge in [0.15, 0.2) is 17.4 Å². The lowest BCUT2D eigenvalue weighted by Gasteiger charge is -1.99. The fourth-order valence-electron chi connectivity index (χ4n) is 0.960. The van der Waals surface area contributed by atoms with Gasteiger partial charge in [-0.05, 0) is 12.1 Å². The maximum absolute atomic E-state index is 12.9. The lowest BCUT2D eigenvalue weighted by molar-refractivity contribution is 0.0991. The zero-order chi connectivity index (χ0) is 9.84.